The fraction of sp³-hybridized carbons (Fsp3) is 0.839. The summed E-state index contributed by atoms with van der Waals surface area (Å²) in [5.74, 6) is -2.28. The first kappa shape index (κ1) is 62.5. The van der Waals surface area contributed by atoms with Gasteiger partial charge in [0.05, 0.1) is 40.3 Å². The molecule has 0 fully saturated rings. The number of esters is 2. The zero-order valence-corrected chi connectivity index (χ0v) is 43.1. The lowest BCUT2D eigenvalue weighted by atomic mass is 10.1. The van der Waals surface area contributed by atoms with E-state index in [2.05, 4.69) is 50.3 Å². The zero-order valence-electron chi connectivity index (χ0n) is 43.1. The third-order valence-corrected chi connectivity index (χ3v) is 11.9. The Morgan fingerprint density at radius 1 is 0.462 bits per heavy atom. The molecule has 0 aliphatic carbocycles. The average Bonchev–Trinajstić information content (AvgIpc) is 3.27. The largest absolute Gasteiger partial charge is 0.545 e. The van der Waals surface area contributed by atoms with E-state index in [0.29, 0.717) is 23.9 Å². The quantitative estimate of drug-likeness (QED) is 0.0195. The summed E-state index contributed by atoms with van der Waals surface area (Å²) in [5.41, 5.74) is 0. The number of carboxylic acid groups (broad SMARTS) is 1. The van der Waals surface area contributed by atoms with Crippen molar-refractivity contribution in [3.8, 4) is 0 Å². The molecule has 0 aliphatic heterocycles. The number of unbranched alkanes of at least 4 members (excludes halogenated alkanes) is 29. The summed E-state index contributed by atoms with van der Waals surface area (Å²) in [4.78, 5) is 37.2. The summed E-state index contributed by atoms with van der Waals surface area (Å²) in [5, 5.41) is 11.7. The summed E-state index contributed by atoms with van der Waals surface area (Å²) in [6, 6.07) is 0. The lowest BCUT2D eigenvalue weighted by Gasteiger charge is -2.26. The molecule has 0 aromatic carbocycles. The number of ether oxygens (including phenoxy) is 4. The second-order valence-corrected chi connectivity index (χ2v) is 19.5. The number of carbonyl (C=O) groups is 3. The van der Waals surface area contributed by atoms with Gasteiger partial charge in [-0.05, 0) is 70.6 Å². The second kappa shape index (κ2) is 48.0. The van der Waals surface area contributed by atoms with E-state index in [9.17, 15) is 19.5 Å². The number of nitrogens with zero attached hydrogens (tertiary/aromatic N) is 1. The Kier molecular flexibility index (Phi) is 46.1. The standard InChI is InChI=1S/C56H103NO8/c1-6-8-10-12-14-16-18-20-22-24-26-27-29-31-33-35-37-39-41-43-45-47-54(59)65-52(51-64-56(55(60)61)62-49-48-57(3,4)5)50-63-53(58)46-44-42-40-38-36-34-32-30-28-25-23-21-19-17-15-13-11-9-7-2/h18,20-21,23-24,26,52,56H,6-17,19,22,25,27-51H2,1-5H3/b20-18-,23-21-,26-24-. The smallest absolute Gasteiger partial charge is 0.306 e. The number of carbonyl (C=O) groups excluding carboxylic acids is 3. The van der Waals surface area contributed by atoms with Gasteiger partial charge in [0, 0.05) is 12.8 Å². The Bertz CT molecular complexity index is 1160. The fourth-order valence-corrected chi connectivity index (χ4v) is 7.62. The highest BCUT2D eigenvalue weighted by atomic mass is 16.7. The Morgan fingerprint density at radius 2 is 0.831 bits per heavy atom. The molecular weight excluding hydrogens is 815 g/mol. The molecule has 9 nitrogen and oxygen atoms in total. The van der Waals surface area contributed by atoms with E-state index in [1.165, 1.54) is 161 Å². The topological polar surface area (TPSA) is 111 Å². The molecule has 0 aromatic rings. The highest BCUT2D eigenvalue weighted by Crippen LogP contribution is 2.15. The number of aliphatic carboxylic acids is 1. The maximum absolute atomic E-state index is 12.8. The molecule has 2 unspecified atom stereocenters. The van der Waals surface area contributed by atoms with Crippen molar-refractivity contribution in [2.75, 3.05) is 47.5 Å². The van der Waals surface area contributed by atoms with Gasteiger partial charge < -0.3 is 33.3 Å². The first-order chi connectivity index (χ1) is 31.6. The monoisotopic (exact) mass is 918 g/mol. The molecule has 0 saturated heterocycles. The molecule has 0 spiro atoms. The fourth-order valence-electron chi connectivity index (χ4n) is 7.62. The van der Waals surface area contributed by atoms with Crippen LogP contribution >= 0.6 is 0 Å². The van der Waals surface area contributed by atoms with E-state index in [0.717, 1.165) is 51.4 Å². The number of rotatable bonds is 50. The van der Waals surface area contributed by atoms with Crippen molar-refractivity contribution in [3.05, 3.63) is 36.5 Å². The third kappa shape index (κ3) is 49.2. The minimum atomic E-state index is -1.62. The van der Waals surface area contributed by atoms with Crippen molar-refractivity contribution in [2.24, 2.45) is 0 Å². The van der Waals surface area contributed by atoms with Crippen LogP contribution in [0.5, 0.6) is 0 Å². The summed E-state index contributed by atoms with van der Waals surface area (Å²) in [6.45, 7) is 4.75. The number of allylic oxidation sites excluding steroid dienone is 6. The molecule has 0 amide bonds. The minimum Gasteiger partial charge on any atom is -0.545 e. The van der Waals surface area contributed by atoms with Crippen molar-refractivity contribution in [1.29, 1.82) is 0 Å². The van der Waals surface area contributed by atoms with Gasteiger partial charge in [0.2, 0.25) is 0 Å². The van der Waals surface area contributed by atoms with Crippen molar-refractivity contribution in [2.45, 2.75) is 257 Å². The average molecular weight is 918 g/mol. The van der Waals surface area contributed by atoms with E-state index in [4.69, 9.17) is 18.9 Å². The molecule has 2 atom stereocenters. The van der Waals surface area contributed by atoms with Crippen LogP contribution in [0.2, 0.25) is 0 Å². The highest BCUT2D eigenvalue weighted by Gasteiger charge is 2.22. The number of hydrogen-bond donors (Lipinski definition) is 0. The normalized spacial score (nSPS) is 13.1. The van der Waals surface area contributed by atoms with Gasteiger partial charge in [0.25, 0.3) is 0 Å². The Morgan fingerprint density at radius 3 is 1.23 bits per heavy atom. The van der Waals surface area contributed by atoms with Crippen molar-refractivity contribution in [3.63, 3.8) is 0 Å². The van der Waals surface area contributed by atoms with Gasteiger partial charge in [-0.15, -0.1) is 0 Å². The predicted octanol–water partition coefficient (Wildman–Crippen LogP) is 14.0. The lowest BCUT2D eigenvalue weighted by Crippen LogP contribution is -2.44. The van der Waals surface area contributed by atoms with E-state index in [1.54, 1.807) is 0 Å². The summed E-state index contributed by atoms with van der Waals surface area (Å²) in [7, 11) is 5.92. The summed E-state index contributed by atoms with van der Waals surface area (Å²) < 4.78 is 22.7. The number of hydrogen-bond acceptors (Lipinski definition) is 8. The number of carboxylic acids is 1. The van der Waals surface area contributed by atoms with Crippen molar-refractivity contribution in [1.82, 2.24) is 0 Å². The molecule has 0 radical (unpaired) electrons. The van der Waals surface area contributed by atoms with Gasteiger partial charge in [-0.25, -0.2) is 0 Å². The Hall–Kier alpha value is -2.49. The summed E-state index contributed by atoms with van der Waals surface area (Å²) >= 11 is 0. The van der Waals surface area contributed by atoms with Crippen LogP contribution in [0.15, 0.2) is 36.5 Å². The van der Waals surface area contributed by atoms with Gasteiger partial charge in [-0.1, -0.05) is 198 Å². The van der Waals surface area contributed by atoms with Gasteiger partial charge >= 0.3 is 11.9 Å². The van der Waals surface area contributed by atoms with Crippen LogP contribution in [-0.4, -0.2) is 82.3 Å². The second-order valence-electron chi connectivity index (χ2n) is 19.5. The van der Waals surface area contributed by atoms with Crippen molar-refractivity contribution >= 4 is 17.9 Å². The molecule has 0 N–H and O–H groups in total. The molecule has 9 heteroatoms. The van der Waals surface area contributed by atoms with Crippen LogP contribution in [0, 0.1) is 0 Å². The van der Waals surface area contributed by atoms with Crippen LogP contribution in [-0.2, 0) is 33.3 Å². The molecule has 0 heterocycles. The molecular formula is C56H103NO8. The number of likely N-dealkylation sites (N-methyl/N-ethyl adjacent to an activating group) is 1. The number of quaternary nitrogens is 1. The lowest BCUT2D eigenvalue weighted by molar-refractivity contribution is -0.870. The van der Waals surface area contributed by atoms with Crippen LogP contribution in [0.4, 0.5) is 0 Å². The minimum absolute atomic E-state index is 0.147. The van der Waals surface area contributed by atoms with Gasteiger partial charge in [0.15, 0.2) is 12.4 Å². The van der Waals surface area contributed by atoms with E-state index in [-0.39, 0.29) is 32.2 Å². The van der Waals surface area contributed by atoms with E-state index < -0.39 is 24.3 Å². The first-order valence-electron chi connectivity index (χ1n) is 27.1. The highest BCUT2D eigenvalue weighted by molar-refractivity contribution is 5.70. The van der Waals surface area contributed by atoms with Crippen LogP contribution in [0.3, 0.4) is 0 Å². The zero-order chi connectivity index (χ0) is 47.7. The van der Waals surface area contributed by atoms with Crippen LogP contribution in [0.1, 0.15) is 245 Å². The maximum atomic E-state index is 12.8. The first-order valence-corrected chi connectivity index (χ1v) is 27.1. The van der Waals surface area contributed by atoms with Crippen LogP contribution < -0.4 is 5.11 Å². The molecule has 380 valence electrons. The third-order valence-electron chi connectivity index (χ3n) is 11.9. The van der Waals surface area contributed by atoms with Gasteiger partial charge in [-0.2, -0.15) is 0 Å². The van der Waals surface area contributed by atoms with Crippen molar-refractivity contribution < 1.29 is 42.9 Å². The molecule has 0 aromatic heterocycles. The molecule has 0 aliphatic rings. The van der Waals surface area contributed by atoms with Gasteiger partial charge in [-0.3, -0.25) is 9.59 Å². The Labute approximate surface area is 400 Å². The van der Waals surface area contributed by atoms with Gasteiger partial charge in [0.1, 0.15) is 13.2 Å². The molecule has 0 bridgehead atoms. The van der Waals surface area contributed by atoms with E-state index >= 15 is 0 Å². The molecule has 0 saturated carbocycles. The maximum Gasteiger partial charge on any atom is 0.306 e. The predicted molar refractivity (Wildman–Crippen MR) is 269 cm³/mol. The SMILES string of the molecule is CCCCCCC/C=C\C/C=C\CCCCCCCCCCCC(=O)OC(COC(=O)CCCCCCCCCCC/C=C\CCCCCCCC)COC(OCC[N+](C)(C)C)C(=O)[O-]. The molecule has 65 heavy (non-hydrogen) atoms. The van der Waals surface area contributed by atoms with E-state index in [1.807, 2.05) is 21.1 Å². The molecule has 0 rings (SSSR count). The Balaban J connectivity index is 4.31. The van der Waals surface area contributed by atoms with Crippen LogP contribution in [0.25, 0.3) is 0 Å². The summed E-state index contributed by atoms with van der Waals surface area (Å²) in [6.07, 6.45) is 53.2.